The summed E-state index contributed by atoms with van der Waals surface area (Å²) in [4.78, 5) is 17.1. The van der Waals surface area contributed by atoms with Crippen LogP contribution in [0.5, 0.6) is 0 Å². The molecule has 2 atom stereocenters. The van der Waals surface area contributed by atoms with Gasteiger partial charge in [-0.25, -0.2) is 4.98 Å². The van der Waals surface area contributed by atoms with Crippen LogP contribution in [0.25, 0.3) is 5.65 Å². The molecule has 0 fully saturated rings. The normalized spacial score (nSPS) is 14.0. The standard InChI is InChI=1S/C24H30N2O2/c1-17(14-18(2)23(27)28-16-19-10-7-6-8-11-19)21-20(24(3,4)5)15-26-13-9-12-25-22(21)26/h6-13,15,17-18H,14,16H2,1-5H3. The van der Waals surface area contributed by atoms with Crippen molar-refractivity contribution in [2.45, 2.75) is 59.0 Å². The van der Waals surface area contributed by atoms with E-state index in [9.17, 15) is 4.79 Å². The maximum atomic E-state index is 12.5. The van der Waals surface area contributed by atoms with Crippen LogP contribution in [0.3, 0.4) is 0 Å². The molecule has 0 radical (unpaired) electrons. The summed E-state index contributed by atoms with van der Waals surface area (Å²) in [5, 5.41) is 0. The van der Waals surface area contributed by atoms with Crippen molar-refractivity contribution in [3.8, 4) is 0 Å². The minimum Gasteiger partial charge on any atom is -0.461 e. The number of fused-ring (bicyclic) bond motifs is 1. The zero-order chi connectivity index (χ0) is 20.3. The number of rotatable bonds is 6. The van der Waals surface area contributed by atoms with Crippen molar-refractivity contribution in [1.82, 2.24) is 9.38 Å². The molecule has 3 rings (SSSR count). The maximum absolute atomic E-state index is 12.5. The van der Waals surface area contributed by atoms with Gasteiger partial charge in [0.15, 0.2) is 0 Å². The van der Waals surface area contributed by atoms with Gasteiger partial charge >= 0.3 is 5.97 Å². The number of esters is 1. The second kappa shape index (κ2) is 8.17. The number of hydrogen-bond donors (Lipinski definition) is 0. The minimum absolute atomic E-state index is 0.00828. The molecule has 0 spiro atoms. The fourth-order valence-electron chi connectivity index (χ4n) is 3.72. The first-order valence-corrected chi connectivity index (χ1v) is 9.94. The molecule has 0 amide bonds. The third-order valence-corrected chi connectivity index (χ3v) is 5.21. The van der Waals surface area contributed by atoms with Crippen LogP contribution in [0.1, 0.15) is 63.6 Å². The van der Waals surface area contributed by atoms with E-state index in [0.29, 0.717) is 6.61 Å². The number of carbonyl (C=O) groups is 1. The Morgan fingerprint density at radius 1 is 1.14 bits per heavy atom. The van der Waals surface area contributed by atoms with Crippen LogP contribution < -0.4 is 0 Å². The molecule has 0 bridgehead atoms. The second-order valence-corrected chi connectivity index (χ2v) is 8.69. The molecule has 0 aliphatic rings. The van der Waals surface area contributed by atoms with Crippen molar-refractivity contribution in [3.63, 3.8) is 0 Å². The zero-order valence-corrected chi connectivity index (χ0v) is 17.5. The molecule has 4 heteroatoms. The molecule has 0 N–H and O–H groups in total. The first-order chi connectivity index (χ1) is 13.3. The first kappa shape index (κ1) is 20.1. The van der Waals surface area contributed by atoms with Gasteiger partial charge in [0.2, 0.25) is 0 Å². The highest BCUT2D eigenvalue weighted by Gasteiger charge is 2.28. The van der Waals surface area contributed by atoms with Gasteiger partial charge in [0.25, 0.3) is 0 Å². The Kier molecular flexibility index (Phi) is 5.87. The topological polar surface area (TPSA) is 43.6 Å². The van der Waals surface area contributed by atoms with Crippen LogP contribution in [-0.2, 0) is 21.6 Å². The summed E-state index contributed by atoms with van der Waals surface area (Å²) >= 11 is 0. The Labute approximate surface area is 167 Å². The first-order valence-electron chi connectivity index (χ1n) is 9.94. The van der Waals surface area contributed by atoms with E-state index in [0.717, 1.165) is 17.6 Å². The van der Waals surface area contributed by atoms with E-state index in [-0.39, 0.29) is 23.2 Å². The van der Waals surface area contributed by atoms with Gasteiger partial charge in [-0.15, -0.1) is 0 Å². The van der Waals surface area contributed by atoms with Crippen LogP contribution in [0.4, 0.5) is 0 Å². The predicted octanol–water partition coefficient (Wildman–Crippen LogP) is 5.50. The zero-order valence-electron chi connectivity index (χ0n) is 17.5. The van der Waals surface area contributed by atoms with Crippen LogP contribution in [-0.4, -0.2) is 15.4 Å². The molecule has 0 saturated carbocycles. The van der Waals surface area contributed by atoms with Gasteiger partial charge in [0.05, 0.1) is 5.92 Å². The molecule has 0 aliphatic heterocycles. The third kappa shape index (κ3) is 4.44. The lowest BCUT2D eigenvalue weighted by molar-refractivity contribution is -0.149. The van der Waals surface area contributed by atoms with E-state index < -0.39 is 0 Å². The Morgan fingerprint density at radius 3 is 2.54 bits per heavy atom. The number of carbonyl (C=O) groups excluding carboxylic acids is 1. The molecule has 2 unspecified atom stereocenters. The lowest BCUT2D eigenvalue weighted by atomic mass is 9.81. The SMILES string of the molecule is CC(CC(C)c1c(C(C)(C)C)cn2cccnc12)C(=O)OCc1ccccc1. The van der Waals surface area contributed by atoms with Crippen LogP contribution in [0.15, 0.2) is 55.0 Å². The number of ether oxygens (including phenoxy) is 1. The van der Waals surface area contributed by atoms with E-state index in [1.165, 1.54) is 11.1 Å². The fraction of sp³-hybridized carbons (Fsp3) is 0.417. The van der Waals surface area contributed by atoms with Crippen LogP contribution >= 0.6 is 0 Å². The van der Waals surface area contributed by atoms with Gasteiger partial charge in [0, 0.05) is 24.2 Å². The van der Waals surface area contributed by atoms with Crippen molar-refractivity contribution in [2.24, 2.45) is 5.92 Å². The molecule has 4 nitrogen and oxygen atoms in total. The molecule has 0 aliphatic carbocycles. The molecule has 28 heavy (non-hydrogen) atoms. The number of aromatic nitrogens is 2. The number of nitrogens with zero attached hydrogens (tertiary/aromatic N) is 2. The molecular formula is C24H30N2O2. The van der Waals surface area contributed by atoms with Gasteiger partial charge in [-0.3, -0.25) is 4.79 Å². The largest absolute Gasteiger partial charge is 0.461 e. The smallest absolute Gasteiger partial charge is 0.309 e. The lowest BCUT2D eigenvalue weighted by Gasteiger charge is -2.23. The van der Waals surface area contributed by atoms with E-state index in [4.69, 9.17) is 4.74 Å². The lowest BCUT2D eigenvalue weighted by Crippen LogP contribution is -2.19. The number of benzene rings is 1. The summed E-state index contributed by atoms with van der Waals surface area (Å²) in [5.74, 6) is -0.122. The summed E-state index contributed by atoms with van der Waals surface area (Å²) in [6, 6.07) is 11.7. The monoisotopic (exact) mass is 378 g/mol. The number of hydrogen-bond acceptors (Lipinski definition) is 3. The Hall–Kier alpha value is -2.62. The van der Waals surface area contributed by atoms with Crippen LogP contribution in [0, 0.1) is 5.92 Å². The van der Waals surface area contributed by atoms with Gasteiger partial charge in [-0.2, -0.15) is 0 Å². The summed E-state index contributed by atoms with van der Waals surface area (Å²) < 4.78 is 7.62. The molecule has 2 heterocycles. The van der Waals surface area contributed by atoms with Gasteiger partial charge in [-0.05, 0) is 34.9 Å². The quantitative estimate of drug-likeness (QED) is 0.532. The Morgan fingerprint density at radius 2 is 1.86 bits per heavy atom. The van der Waals surface area contributed by atoms with E-state index in [1.54, 1.807) is 0 Å². The molecular weight excluding hydrogens is 348 g/mol. The third-order valence-electron chi connectivity index (χ3n) is 5.21. The van der Waals surface area contributed by atoms with Gasteiger partial charge < -0.3 is 9.14 Å². The molecule has 148 valence electrons. The van der Waals surface area contributed by atoms with Gasteiger partial charge in [0.1, 0.15) is 12.3 Å². The van der Waals surface area contributed by atoms with Crippen molar-refractivity contribution in [2.75, 3.05) is 0 Å². The molecule has 0 saturated heterocycles. The maximum Gasteiger partial charge on any atom is 0.309 e. The molecule has 1 aromatic carbocycles. The molecule has 3 aromatic rings. The van der Waals surface area contributed by atoms with Gasteiger partial charge in [-0.1, -0.05) is 65.0 Å². The van der Waals surface area contributed by atoms with Crippen molar-refractivity contribution >= 4 is 11.6 Å². The average Bonchev–Trinajstić information content (AvgIpc) is 3.07. The van der Waals surface area contributed by atoms with E-state index in [1.807, 2.05) is 55.7 Å². The van der Waals surface area contributed by atoms with E-state index >= 15 is 0 Å². The van der Waals surface area contributed by atoms with Crippen molar-refractivity contribution in [1.29, 1.82) is 0 Å². The van der Waals surface area contributed by atoms with Crippen LogP contribution in [0.2, 0.25) is 0 Å². The summed E-state index contributed by atoms with van der Waals surface area (Å²) in [6.45, 7) is 11.1. The highest BCUT2D eigenvalue weighted by Crippen LogP contribution is 2.37. The van der Waals surface area contributed by atoms with E-state index in [2.05, 4.69) is 43.3 Å². The molecule has 2 aromatic heterocycles. The Bertz CT molecular complexity index is 938. The summed E-state index contributed by atoms with van der Waals surface area (Å²) in [7, 11) is 0. The second-order valence-electron chi connectivity index (χ2n) is 8.69. The summed E-state index contributed by atoms with van der Waals surface area (Å²) in [5.41, 5.74) is 4.51. The summed E-state index contributed by atoms with van der Waals surface area (Å²) in [6.07, 6.45) is 6.76. The highest BCUT2D eigenvalue weighted by molar-refractivity contribution is 5.72. The highest BCUT2D eigenvalue weighted by atomic mass is 16.5. The van der Waals surface area contributed by atoms with Crippen molar-refractivity contribution in [3.05, 3.63) is 71.7 Å². The van der Waals surface area contributed by atoms with Crippen molar-refractivity contribution < 1.29 is 9.53 Å². The Balaban J connectivity index is 1.75. The average molecular weight is 379 g/mol. The fourth-order valence-corrected chi connectivity index (χ4v) is 3.72. The minimum atomic E-state index is -0.176. The predicted molar refractivity (Wildman–Crippen MR) is 112 cm³/mol.